The lowest BCUT2D eigenvalue weighted by atomic mass is 10.1. The molecule has 124 valence electrons. The van der Waals surface area contributed by atoms with Crippen molar-refractivity contribution < 1.29 is 14.7 Å². The second-order valence-corrected chi connectivity index (χ2v) is 5.97. The first-order chi connectivity index (χ1) is 11.6. The predicted molar refractivity (Wildman–Crippen MR) is 90.8 cm³/mol. The summed E-state index contributed by atoms with van der Waals surface area (Å²) in [5.41, 5.74) is 4.28. The molecule has 0 aliphatic carbocycles. The molecule has 0 fully saturated rings. The van der Waals surface area contributed by atoms with Crippen LogP contribution in [0.1, 0.15) is 44.3 Å². The fraction of sp³-hybridized carbons (Fsp3) is 0.263. The van der Waals surface area contributed by atoms with Crippen molar-refractivity contribution in [2.45, 2.75) is 26.6 Å². The summed E-state index contributed by atoms with van der Waals surface area (Å²) in [5, 5.41) is 11.8. The highest BCUT2D eigenvalue weighted by molar-refractivity contribution is 5.94. The molecule has 5 nitrogen and oxygen atoms in total. The largest absolute Gasteiger partial charge is 0.478 e. The van der Waals surface area contributed by atoms with E-state index in [9.17, 15) is 9.59 Å². The Morgan fingerprint density at radius 1 is 1.04 bits per heavy atom. The standard InChI is InChI=1S/C19H20N2O3/c1-2-21-11-16-8-7-15(9-17(16)12-21)18(22)20-10-13-3-5-14(6-4-13)19(23)24/h3-9H,2,10-12H2,1H3,(H,20,22)(H,23,24). The maximum Gasteiger partial charge on any atom is 0.335 e. The summed E-state index contributed by atoms with van der Waals surface area (Å²) in [7, 11) is 0. The Morgan fingerprint density at radius 3 is 2.38 bits per heavy atom. The summed E-state index contributed by atoms with van der Waals surface area (Å²) in [5.74, 6) is -1.07. The summed E-state index contributed by atoms with van der Waals surface area (Å²) in [6.45, 7) is 5.35. The van der Waals surface area contributed by atoms with E-state index >= 15 is 0 Å². The van der Waals surface area contributed by atoms with Gasteiger partial charge in [0.25, 0.3) is 5.91 Å². The van der Waals surface area contributed by atoms with Gasteiger partial charge in [-0.15, -0.1) is 0 Å². The normalized spacial score (nSPS) is 13.5. The van der Waals surface area contributed by atoms with Crippen LogP contribution in [0.25, 0.3) is 0 Å². The first-order valence-electron chi connectivity index (χ1n) is 8.01. The molecule has 0 unspecified atom stereocenters. The number of carbonyl (C=O) groups is 2. The van der Waals surface area contributed by atoms with Crippen LogP contribution in [0.15, 0.2) is 42.5 Å². The van der Waals surface area contributed by atoms with Gasteiger partial charge in [0.05, 0.1) is 5.56 Å². The Balaban J connectivity index is 1.62. The van der Waals surface area contributed by atoms with Crippen LogP contribution >= 0.6 is 0 Å². The quantitative estimate of drug-likeness (QED) is 0.887. The summed E-state index contributed by atoms with van der Waals surface area (Å²) >= 11 is 0. The minimum absolute atomic E-state index is 0.116. The number of carbonyl (C=O) groups excluding carboxylic acids is 1. The van der Waals surface area contributed by atoms with E-state index in [1.807, 2.05) is 18.2 Å². The van der Waals surface area contributed by atoms with E-state index in [1.54, 1.807) is 24.3 Å². The van der Waals surface area contributed by atoms with E-state index in [0.29, 0.717) is 12.1 Å². The van der Waals surface area contributed by atoms with E-state index in [1.165, 1.54) is 11.1 Å². The number of carboxylic acid groups (broad SMARTS) is 1. The number of carboxylic acids is 1. The molecule has 1 aliphatic heterocycles. The molecule has 2 aromatic carbocycles. The number of fused-ring (bicyclic) bond motifs is 1. The maximum atomic E-state index is 12.3. The zero-order chi connectivity index (χ0) is 17.1. The predicted octanol–water partition coefficient (Wildman–Crippen LogP) is 2.65. The first kappa shape index (κ1) is 16.2. The van der Waals surface area contributed by atoms with Crippen molar-refractivity contribution in [3.05, 3.63) is 70.3 Å². The third kappa shape index (κ3) is 3.46. The number of nitrogens with one attached hydrogen (secondary N) is 1. The Labute approximate surface area is 140 Å². The van der Waals surface area contributed by atoms with Gasteiger partial charge in [0.1, 0.15) is 0 Å². The fourth-order valence-electron chi connectivity index (χ4n) is 2.88. The van der Waals surface area contributed by atoms with Gasteiger partial charge in [-0.2, -0.15) is 0 Å². The van der Waals surface area contributed by atoms with Crippen molar-refractivity contribution in [1.29, 1.82) is 0 Å². The molecule has 0 bridgehead atoms. The van der Waals surface area contributed by atoms with E-state index in [4.69, 9.17) is 5.11 Å². The molecule has 2 N–H and O–H groups in total. The van der Waals surface area contributed by atoms with E-state index in [0.717, 1.165) is 25.2 Å². The number of hydrogen-bond acceptors (Lipinski definition) is 3. The highest BCUT2D eigenvalue weighted by atomic mass is 16.4. The Hall–Kier alpha value is -2.66. The van der Waals surface area contributed by atoms with Gasteiger partial charge in [-0.25, -0.2) is 4.79 Å². The van der Waals surface area contributed by atoms with Gasteiger partial charge in [0.2, 0.25) is 0 Å². The van der Waals surface area contributed by atoms with Crippen molar-refractivity contribution in [3.8, 4) is 0 Å². The molecule has 1 aliphatic rings. The number of hydrogen-bond donors (Lipinski definition) is 2. The van der Waals surface area contributed by atoms with Gasteiger partial charge in [-0.05, 0) is 47.5 Å². The Morgan fingerprint density at radius 2 is 1.71 bits per heavy atom. The molecule has 0 spiro atoms. The van der Waals surface area contributed by atoms with Crippen LogP contribution in [0, 0.1) is 0 Å². The molecule has 2 aromatic rings. The summed E-state index contributed by atoms with van der Waals surface area (Å²) < 4.78 is 0. The van der Waals surface area contributed by atoms with Crippen LogP contribution in [-0.2, 0) is 19.6 Å². The molecule has 0 aromatic heterocycles. The van der Waals surface area contributed by atoms with Gasteiger partial charge < -0.3 is 10.4 Å². The number of benzene rings is 2. The topological polar surface area (TPSA) is 69.6 Å². The molecule has 1 amide bonds. The number of aromatic carboxylic acids is 1. The third-order valence-corrected chi connectivity index (χ3v) is 4.36. The number of nitrogens with zero attached hydrogens (tertiary/aromatic N) is 1. The van der Waals surface area contributed by atoms with Crippen LogP contribution in [0.5, 0.6) is 0 Å². The van der Waals surface area contributed by atoms with Crippen molar-refractivity contribution in [2.24, 2.45) is 0 Å². The van der Waals surface area contributed by atoms with Crippen LogP contribution in [0.4, 0.5) is 0 Å². The van der Waals surface area contributed by atoms with Crippen molar-refractivity contribution in [3.63, 3.8) is 0 Å². The smallest absolute Gasteiger partial charge is 0.335 e. The molecule has 0 saturated carbocycles. The highest BCUT2D eigenvalue weighted by Gasteiger charge is 2.18. The fourth-order valence-corrected chi connectivity index (χ4v) is 2.88. The third-order valence-electron chi connectivity index (χ3n) is 4.36. The second kappa shape index (κ2) is 6.84. The Kier molecular flexibility index (Phi) is 4.62. The summed E-state index contributed by atoms with van der Waals surface area (Å²) in [6, 6.07) is 12.4. The lowest BCUT2D eigenvalue weighted by Crippen LogP contribution is -2.23. The van der Waals surface area contributed by atoms with E-state index in [2.05, 4.69) is 17.1 Å². The molecule has 0 saturated heterocycles. The van der Waals surface area contributed by atoms with Crippen molar-refractivity contribution in [1.82, 2.24) is 10.2 Å². The summed E-state index contributed by atoms with van der Waals surface area (Å²) in [6.07, 6.45) is 0. The second-order valence-electron chi connectivity index (χ2n) is 5.97. The van der Waals surface area contributed by atoms with Gasteiger partial charge >= 0.3 is 5.97 Å². The first-order valence-corrected chi connectivity index (χ1v) is 8.01. The monoisotopic (exact) mass is 324 g/mol. The van der Waals surface area contributed by atoms with Crippen LogP contribution in [0.2, 0.25) is 0 Å². The molecular formula is C19H20N2O3. The van der Waals surface area contributed by atoms with Gasteiger partial charge in [0.15, 0.2) is 0 Å². The SMILES string of the molecule is CCN1Cc2ccc(C(=O)NCc3ccc(C(=O)O)cc3)cc2C1. The molecule has 0 atom stereocenters. The van der Waals surface area contributed by atoms with Crippen LogP contribution in [0.3, 0.4) is 0 Å². The number of rotatable bonds is 5. The lowest BCUT2D eigenvalue weighted by Gasteiger charge is -2.09. The molecule has 3 rings (SSSR count). The molecule has 5 heteroatoms. The zero-order valence-electron chi connectivity index (χ0n) is 13.6. The average molecular weight is 324 g/mol. The lowest BCUT2D eigenvalue weighted by molar-refractivity contribution is 0.0696. The minimum Gasteiger partial charge on any atom is -0.478 e. The van der Waals surface area contributed by atoms with E-state index < -0.39 is 5.97 Å². The summed E-state index contributed by atoms with van der Waals surface area (Å²) in [4.78, 5) is 25.5. The number of amides is 1. The van der Waals surface area contributed by atoms with Gasteiger partial charge in [-0.3, -0.25) is 9.69 Å². The highest BCUT2D eigenvalue weighted by Crippen LogP contribution is 2.23. The molecule has 24 heavy (non-hydrogen) atoms. The minimum atomic E-state index is -0.954. The maximum absolute atomic E-state index is 12.3. The zero-order valence-corrected chi connectivity index (χ0v) is 13.6. The molecule has 1 heterocycles. The van der Waals surface area contributed by atoms with E-state index in [-0.39, 0.29) is 11.5 Å². The van der Waals surface area contributed by atoms with Gasteiger partial charge in [0, 0.05) is 25.2 Å². The average Bonchev–Trinajstić information content (AvgIpc) is 3.02. The van der Waals surface area contributed by atoms with Crippen molar-refractivity contribution >= 4 is 11.9 Å². The van der Waals surface area contributed by atoms with Crippen molar-refractivity contribution in [2.75, 3.05) is 6.54 Å². The van der Waals surface area contributed by atoms with Crippen LogP contribution in [-0.4, -0.2) is 28.4 Å². The van der Waals surface area contributed by atoms with Crippen LogP contribution < -0.4 is 5.32 Å². The molecular weight excluding hydrogens is 304 g/mol. The van der Waals surface area contributed by atoms with Gasteiger partial charge in [-0.1, -0.05) is 25.1 Å². The molecule has 0 radical (unpaired) electrons. The Bertz CT molecular complexity index is 769.